The van der Waals surface area contributed by atoms with Crippen molar-refractivity contribution >= 4 is 11.7 Å². The Hall–Kier alpha value is -1.32. The van der Waals surface area contributed by atoms with Gasteiger partial charge in [0, 0.05) is 6.07 Å². The molecule has 4 heteroatoms. The standard InChI is InChI=1S/C16H22N2O2/c1-10-4-14(18-20-10)17-15(19)16-7-11-2-3-12(8-16)6-13(5-11)9-16/h4,11-13H,2-3,5-9H2,1H3,(H,17,18,19)/t11-,12-,13?,16?/m1/s1. The average Bonchev–Trinajstić information content (AvgIpc) is 2.68. The van der Waals surface area contributed by atoms with Crippen LogP contribution in [0.15, 0.2) is 10.6 Å². The van der Waals surface area contributed by atoms with Crippen LogP contribution >= 0.6 is 0 Å². The number of nitrogens with zero attached hydrogens (tertiary/aromatic N) is 1. The maximum atomic E-state index is 12.8. The zero-order valence-corrected chi connectivity index (χ0v) is 12.0. The Bertz CT molecular complexity index is 520. The largest absolute Gasteiger partial charge is 0.360 e. The summed E-state index contributed by atoms with van der Waals surface area (Å²) in [7, 11) is 0. The van der Waals surface area contributed by atoms with Crippen molar-refractivity contribution in [3.63, 3.8) is 0 Å². The van der Waals surface area contributed by atoms with E-state index in [0.717, 1.165) is 42.8 Å². The minimum Gasteiger partial charge on any atom is -0.360 e. The quantitative estimate of drug-likeness (QED) is 0.897. The van der Waals surface area contributed by atoms with E-state index in [2.05, 4.69) is 10.5 Å². The van der Waals surface area contributed by atoms with Gasteiger partial charge in [-0.05, 0) is 56.8 Å². The first-order valence-corrected chi connectivity index (χ1v) is 7.88. The molecule has 4 aliphatic rings. The normalized spacial score (nSPS) is 38.8. The van der Waals surface area contributed by atoms with Crippen molar-refractivity contribution in [2.45, 2.75) is 51.9 Å². The van der Waals surface area contributed by atoms with E-state index in [1.807, 2.05) is 6.92 Å². The minimum absolute atomic E-state index is 0.125. The molecule has 1 heterocycles. The van der Waals surface area contributed by atoms with E-state index in [-0.39, 0.29) is 11.3 Å². The van der Waals surface area contributed by atoms with E-state index in [0.29, 0.717) is 5.82 Å². The Balaban J connectivity index is 1.58. The first-order valence-electron chi connectivity index (χ1n) is 7.88. The lowest BCUT2D eigenvalue weighted by molar-refractivity contribution is -0.132. The summed E-state index contributed by atoms with van der Waals surface area (Å²) < 4.78 is 5.04. The molecular formula is C16H22N2O2. The van der Waals surface area contributed by atoms with Crippen LogP contribution in [0.4, 0.5) is 5.82 Å². The van der Waals surface area contributed by atoms with Crippen molar-refractivity contribution in [3.05, 3.63) is 11.8 Å². The predicted molar refractivity (Wildman–Crippen MR) is 75.1 cm³/mol. The van der Waals surface area contributed by atoms with Crippen molar-refractivity contribution in [1.82, 2.24) is 5.16 Å². The summed E-state index contributed by atoms with van der Waals surface area (Å²) in [6.45, 7) is 1.85. The van der Waals surface area contributed by atoms with E-state index in [9.17, 15) is 4.79 Å². The topological polar surface area (TPSA) is 55.1 Å². The summed E-state index contributed by atoms with van der Waals surface area (Å²) in [5.74, 6) is 3.81. The van der Waals surface area contributed by atoms with Crippen LogP contribution < -0.4 is 5.32 Å². The van der Waals surface area contributed by atoms with Gasteiger partial charge in [-0.3, -0.25) is 4.79 Å². The van der Waals surface area contributed by atoms with Crippen molar-refractivity contribution in [3.8, 4) is 0 Å². The van der Waals surface area contributed by atoms with Gasteiger partial charge in [-0.15, -0.1) is 0 Å². The molecule has 4 bridgehead atoms. The van der Waals surface area contributed by atoms with E-state index in [1.54, 1.807) is 6.07 Å². The van der Waals surface area contributed by atoms with Gasteiger partial charge >= 0.3 is 0 Å². The second-order valence-corrected chi connectivity index (χ2v) is 7.32. The lowest BCUT2D eigenvalue weighted by Gasteiger charge is -2.46. The van der Waals surface area contributed by atoms with Gasteiger partial charge in [0.05, 0.1) is 5.41 Å². The zero-order valence-electron chi connectivity index (χ0n) is 12.0. The Morgan fingerprint density at radius 1 is 1.25 bits per heavy atom. The van der Waals surface area contributed by atoms with Gasteiger partial charge in [-0.25, -0.2) is 0 Å². The molecule has 1 aromatic rings. The molecule has 0 aliphatic heterocycles. The molecule has 20 heavy (non-hydrogen) atoms. The molecule has 0 radical (unpaired) electrons. The number of carbonyl (C=O) groups excluding carboxylic acids is 1. The number of rotatable bonds is 2. The number of hydrogen-bond donors (Lipinski definition) is 1. The van der Waals surface area contributed by atoms with E-state index in [1.165, 1.54) is 25.7 Å². The highest BCUT2D eigenvalue weighted by molar-refractivity contribution is 5.94. The number of carbonyl (C=O) groups is 1. The molecule has 0 spiro atoms. The van der Waals surface area contributed by atoms with Crippen molar-refractivity contribution in [2.75, 3.05) is 5.32 Å². The van der Waals surface area contributed by atoms with Crippen LogP contribution in [0.25, 0.3) is 0 Å². The van der Waals surface area contributed by atoms with Crippen LogP contribution in [0, 0.1) is 30.1 Å². The highest BCUT2D eigenvalue weighted by atomic mass is 16.5. The van der Waals surface area contributed by atoms with Crippen LogP contribution in [0.3, 0.4) is 0 Å². The molecule has 4 aliphatic carbocycles. The monoisotopic (exact) mass is 274 g/mol. The molecule has 1 amide bonds. The Morgan fingerprint density at radius 3 is 2.50 bits per heavy atom. The Kier molecular flexibility index (Phi) is 2.69. The highest BCUT2D eigenvalue weighted by Crippen LogP contribution is 2.58. The maximum Gasteiger partial charge on any atom is 0.231 e. The number of hydrogen-bond acceptors (Lipinski definition) is 3. The van der Waals surface area contributed by atoms with Crippen LogP contribution in [-0.2, 0) is 4.79 Å². The number of amides is 1. The molecule has 0 unspecified atom stereocenters. The molecule has 4 nitrogen and oxygen atoms in total. The average molecular weight is 274 g/mol. The molecule has 4 fully saturated rings. The maximum absolute atomic E-state index is 12.8. The summed E-state index contributed by atoms with van der Waals surface area (Å²) in [4.78, 5) is 12.8. The van der Waals surface area contributed by atoms with Crippen molar-refractivity contribution in [1.29, 1.82) is 0 Å². The first kappa shape index (κ1) is 12.4. The summed E-state index contributed by atoms with van der Waals surface area (Å²) in [5, 5.41) is 6.90. The fourth-order valence-electron chi connectivity index (χ4n) is 5.14. The lowest BCUT2D eigenvalue weighted by Crippen LogP contribution is -2.46. The SMILES string of the molecule is Cc1cc(NC(=O)C23CC4C[C@@H](CC[C@H](C4)C2)C3)no1. The van der Waals surface area contributed by atoms with Gasteiger partial charge < -0.3 is 9.84 Å². The molecule has 5 rings (SSSR count). The van der Waals surface area contributed by atoms with Crippen molar-refractivity contribution < 1.29 is 9.32 Å². The second kappa shape index (κ2) is 4.34. The molecule has 4 saturated carbocycles. The van der Waals surface area contributed by atoms with Gasteiger partial charge in [0.15, 0.2) is 5.82 Å². The van der Waals surface area contributed by atoms with E-state index >= 15 is 0 Å². The van der Waals surface area contributed by atoms with Crippen LogP contribution in [0.2, 0.25) is 0 Å². The van der Waals surface area contributed by atoms with Gasteiger partial charge in [0.2, 0.25) is 5.91 Å². The second-order valence-electron chi connectivity index (χ2n) is 7.32. The Morgan fingerprint density at radius 2 is 1.90 bits per heavy atom. The third-order valence-electron chi connectivity index (χ3n) is 5.71. The summed E-state index contributed by atoms with van der Waals surface area (Å²) >= 11 is 0. The third kappa shape index (κ3) is 1.97. The number of aryl methyl sites for hydroxylation is 1. The number of aromatic nitrogens is 1. The summed E-state index contributed by atoms with van der Waals surface area (Å²) in [6, 6.07) is 1.80. The molecule has 0 saturated heterocycles. The minimum atomic E-state index is -0.125. The number of fused-ring (bicyclic) bond motifs is 1. The molecule has 0 aromatic carbocycles. The van der Waals surface area contributed by atoms with E-state index < -0.39 is 0 Å². The fraction of sp³-hybridized carbons (Fsp3) is 0.750. The summed E-state index contributed by atoms with van der Waals surface area (Å²) in [6.07, 6.45) is 8.63. The molecular weight excluding hydrogens is 252 g/mol. The number of anilines is 1. The highest BCUT2D eigenvalue weighted by Gasteiger charge is 2.52. The molecule has 1 aromatic heterocycles. The first-order chi connectivity index (χ1) is 9.63. The zero-order chi connectivity index (χ0) is 13.7. The van der Waals surface area contributed by atoms with Gasteiger partial charge in [-0.1, -0.05) is 18.0 Å². The van der Waals surface area contributed by atoms with Crippen molar-refractivity contribution in [2.24, 2.45) is 23.2 Å². The van der Waals surface area contributed by atoms with Gasteiger partial charge in [0.25, 0.3) is 0 Å². The summed E-state index contributed by atoms with van der Waals surface area (Å²) in [5.41, 5.74) is -0.125. The Labute approximate surface area is 119 Å². The molecule has 1 N–H and O–H groups in total. The van der Waals surface area contributed by atoms with Crippen LogP contribution in [-0.4, -0.2) is 11.1 Å². The van der Waals surface area contributed by atoms with Crippen LogP contribution in [0.1, 0.15) is 50.7 Å². The van der Waals surface area contributed by atoms with E-state index in [4.69, 9.17) is 4.52 Å². The predicted octanol–water partition coefficient (Wildman–Crippen LogP) is 3.53. The fourth-order valence-corrected chi connectivity index (χ4v) is 5.14. The molecule has 2 atom stereocenters. The third-order valence-corrected chi connectivity index (χ3v) is 5.71. The number of nitrogens with one attached hydrogen (secondary N) is 1. The molecule has 108 valence electrons. The van der Waals surface area contributed by atoms with Crippen LogP contribution in [0.5, 0.6) is 0 Å². The lowest BCUT2D eigenvalue weighted by atomic mass is 9.58. The smallest absolute Gasteiger partial charge is 0.231 e. The van der Waals surface area contributed by atoms with Gasteiger partial charge in [-0.2, -0.15) is 0 Å². The van der Waals surface area contributed by atoms with Gasteiger partial charge in [0.1, 0.15) is 5.76 Å².